The molecule has 8 nitrogen and oxygen atoms in total. The molecule has 3 aliphatic heterocycles. The van der Waals surface area contributed by atoms with Crippen molar-refractivity contribution in [1.82, 2.24) is 0 Å². The number of likely N-dealkylation sites (tertiary alicyclic amines) is 3. The molecule has 0 atom stereocenters. The molecule has 3 heterocycles. The normalized spacial score (nSPS) is 14.9. The highest BCUT2D eigenvalue weighted by Crippen LogP contribution is 1.94. The van der Waals surface area contributed by atoms with Gasteiger partial charge in [0.1, 0.15) is 39.3 Å². The molecule has 0 aromatic carbocycles. The lowest BCUT2D eigenvalue weighted by molar-refractivity contribution is -0.879. The fourth-order valence-corrected chi connectivity index (χ4v) is 4.82. The molecule has 0 unspecified atom stereocenters. The second-order valence-corrected chi connectivity index (χ2v) is 11.1. The first-order chi connectivity index (χ1) is 21.7. The maximum absolute atomic E-state index is 3.77. The minimum Gasteiger partial charge on any atom is -0.358 e. The Labute approximate surface area is 269 Å². The first-order valence-electron chi connectivity index (χ1n) is 17.1. The van der Waals surface area contributed by atoms with Gasteiger partial charge in [-0.1, -0.05) is 0 Å². The molecular weight excluding hydrogens is 544 g/mol. The smallest absolute Gasteiger partial charge is 0.140 e. The number of quaternary nitrogens is 8. The van der Waals surface area contributed by atoms with Crippen LogP contribution in [0.2, 0.25) is 0 Å². The minimum absolute atomic E-state index is 0.631. The Morgan fingerprint density at radius 3 is 0.818 bits per heavy atom. The Kier molecular flexibility index (Phi) is 32.2. The summed E-state index contributed by atoms with van der Waals surface area (Å²) in [7, 11) is 0. The Hall–Kier alpha value is -2.96. The lowest BCUT2D eigenvalue weighted by atomic mass is 10.2. The van der Waals surface area contributed by atoms with Gasteiger partial charge in [-0.15, -0.1) is 0 Å². The summed E-state index contributed by atoms with van der Waals surface area (Å²) in [6.07, 6.45) is 13.5. The van der Waals surface area contributed by atoms with Crippen LogP contribution in [0.5, 0.6) is 0 Å². The monoisotopic (exact) mass is 611 g/mol. The molecule has 3 saturated heterocycles. The van der Waals surface area contributed by atoms with E-state index < -0.39 is 0 Å². The molecule has 3 rings (SSSR count). The van der Waals surface area contributed by atoms with Gasteiger partial charge in [-0.25, -0.2) is 0 Å². The lowest BCUT2D eigenvalue weighted by Gasteiger charge is -2.05. The van der Waals surface area contributed by atoms with Gasteiger partial charge in [0.15, 0.2) is 0 Å². The van der Waals surface area contributed by atoms with E-state index >= 15 is 0 Å². The van der Waals surface area contributed by atoms with E-state index in [1.165, 1.54) is 103 Å². The van der Waals surface area contributed by atoms with Gasteiger partial charge in [0, 0.05) is 38.5 Å². The van der Waals surface area contributed by atoms with Crippen LogP contribution in [0, 0.1) is 71.0 Å². The summed E-state index contributed by atoms with van der Waals surface area (Å²) < 4.78 is 0. The van der Waals surface area contributed by atoms with Crippen molar-refractivity contribution in [2.45, 2.75) is 64.2 Å². The zero-order valence-corrected chi connectivity index (χ0v) is 28.0. The molecule has 3 fully saturated rings. The van der Waals surface area contributed by atoms with Gasteiger partial charge in [0.05, 0.1) is 52.4 Å². The third-order valence-corrected chi connectivity index (χ3v) is 7.29. The molecule has 3 aliphatic rings. The summed E-state index contributed by atoms with van der Waals surface area (Å²) in [6.45, 7) is 14.9. The highest BCUT2D eigenvalue weighted by molar-refractivity contribution is 5.26. The van der Waals surface area contributed by atoms with Crippen LogP contribution < -0.4 is 43.4 Å². The molecule has 18 N–H and O–H groups in total. The van der Waals surface area contributed by atoms with E-state index in [1.807, 2.05) is 0 Å². The van der Waals surface area contributed by atoms with Crippen molar-refractivity contribution in [3.8, 4) is 71.0 Å². The van der Waals surface area contributed by atoms with E-state index in [9.17, 15) is 0 Å². The average molecular weight is 611 g/mol. The Morgan fingerprint density at radius 2 is 0.591 bits per heavy atom. The van der Waals surface area contributed by atoms with Crippen molar-refractivity contribution in [3.63, 3.8) is 0 Å². The molecule has 0 radical (unpaired) electrons. The topological polar surface area (TPSA) is 152 Å². The molecule has 8 heteroatoms. The Morgan fingerprint density at radius 1 is 0.341 bits per heavy atom. The predicted octanol–water partition coefficient (Wildman–Crippen LogP) is -7.23. The van der Waals surface area contributed by atoms with Crippen molar-refractivity contribution < 1.29 is 43.4 Å². The number of nitrogens with one attached hydrogen (secondary N) is 3. The van der Waals surface area contributed by atoms with E-state index in [1.54, 1.807) is 14.7 Å². The summed E-state index contributed by atoms with van der Waals surface area (Å²) in [4.78, 5) is 4.89. The van der Waals surface area contributed by atoms with Gasteiger partial charge < -0.3 is 43.4 Å². The van der Waals surface area contributed by atoms with Gasteiger partial charge in [-0.2, -0.15) is 0 Å². The maximum atomic E-state index is 3.77. The van der Waals surface area contributed by atoms with Crippen LogP contribution in [-0.2, 0) is 0 Å². The number of rotatable bonds is 8. The molecule has 0 aromatic heterocycles. The van der Waals surface area contributed by atoms with E-state index in [4.69, 9.17) is 0 Å². The molecule has 0 aliphatic carbocycles. The average Bonchev–Trinajstić information content (AvgIpc) is 3.85. The summed E-state index contributed by atoms with van der Waals surface area (Å²) in [5, 5.41) is 0. The summed E-state index contributed by atoms with van der Waals surface area (Å²) >= 11 is 0. The summed E-state index contributed by atoms with van der Waals surface area (Å²) in [6, 6.07) is 0. The highest BCUT2D eigenvalue weighted by Gasteiger charge is 2.14. The van der Waals surface area contributed by atoms with E-state index in [0.717, 1.165) is 32.7 Å². The SMILES string of the molecule is C(C#CC[NH+]1CCCC1)#CC[NH+]1CCCC1.[NH3+]CC#CC#CC[NH+]1CCCC1.[NH3+]CC#CC#CC[NH3+].[NH3+]CCCCCC[NH3+]. The number of unbranched alkanes of at least 4 members (excludes halogenated alkanes) is 3. The van der Waals surface area contributed by atoms with Gasteiger partial charge >= 0.3 is 0 Å². The first kappa shape index (κ1) is 41.0. The molecule has 0 saturated carbocycles. The minimum atomic E-state index is 0.631. The van der Waals surface area contributed by atoms with Crippen molar-refractivity contribution in [3.05, 3.63) is 0 Å². The molecule has 0 aromatic rings. The quantitative estimate of drug-likeness (QED) is 0.0974. The van der Waals surface area contributed by atoms with E-state index in [2.05, 4.69) is 99.7 Å². The molecule has 44 heavy (non-hydrogen) atoms. The fraction of sp³-hybridized carbons (Fsp3) is 0.667. The molecule has 0 amide bonds. The van der Waals surface area contributed by atoms with E-state index in [0.29, 0.717) is 19.6 Å². The zero-order valence-electron chi connectivity index (χ0n) is 28.0. The number of hydrogen-bond donors (Lipinski definition) is 8. The predicted molar refractivity (Wildman–Crippen MR) is 178 cm³/mol. The second kappa shape index (κ2) is 34.5. The molecular formula is C36H66N8+8. The number of hydrogen-bond acceptors (Lipinski definition) is 0. The zero-order chi connectivity index (χ0) is 32.2. The summed E-state index contributed by atoms with van der Waals surface area (Å²) in [5.74, 6) is 34.6. The standard InChI is InChI=1S/C14H20N2.C10H14N2.C6H16N2.C6H8N2/c1(3-9-15-11-5-6-12-15)2-4-10-16-13-7-8-14-16;11-7-3-1-2-4-8-12-9-5-6-10-12;2*7-5-3-1-2-4-6-8/h5-14H2;5-11H2;1-8H2;5-8H2/p+8. The van der Waals surface area contributed by atoms with E-state index in [-0.39, 0.29) is 0 Å². The van der Waals surface area contributed by atoms with Crippen molar-refractivity contribution in [2.24, 2.45) is 0 Å². The van der Waals surface area contributed by atoms with Gasteiger partial charge in [0.25, 0.3) is 0 Å². The third-order valence-electron chi connectivity index (χ3n) is 7.29. The third kappa shape index (κ3) is 29.1. The molecule has 0 bridgehead atoms. The largest absolute Gasteiger partial charge is 0.358 e. The van der Waals surface area contributed by atoms with Crippen LogP contribution in [-0.4, -0.2) is 91.6 Å². The first-order valence-corrected chi connectivity index (χ1v) is 17.1. The van der Waals surface area contributed by atoms with Crippen LogP contribution in [0.4, 0.5) is 0 Å². The highest BCUT2D eigenvalue weighted by atomic mass is 15.1. The fourth-order valence-electron chi connectivity index (χ4n) is 4.82. The maximum Gasteiger partial charge on any atom is 0.140 e. The van der Waals surface area contributed by atoms with Crippen LogP contribution in [0.3, 0.4) is 0 Å². The van der Waals surface area contributed by atoms with Crippen LogP contribution in [0.1, 0.15) is 64.2 Å². The van der Waals surface area contributed by atoms with Gasteiger partial charge in [0.2, 0.25) is 0 Å². The summed E-state index contributed by atoms with van der Waals surface area (Å²) in [5.41, 5.74) is 18.2. The van der Waals surface area contributed by atoms with Gasteiger partial charge in [-0.05, 0) is 96.7 Å². The Bertz CT molecular complexity index is 988. The van der Waals surface area contributed by atoms with Crippen molar-refractivity contribution >= 4 is 0 Å². The van der Waals surface area contributed by atoms with Crippen molar-refractivity contribution in [2.75, 3.05) is 91.6 Å². The lowest BCUT2D eigenvalue weighted by Crippen LogP contribution is -3.09. The van der Waals surface area contributed by atoms with Gasteiger partial charge in [-0.3, -0.25) is 0 Å². The van der Waals surface area contributed by atoms with Crippen LogP contribution >= 0.6 is 0 Å². The Balaban J connectivity index is 0.000000590. The van der Waals surface area contributed by atoms with Crippen molar-refractivity contribution in [1.29, 1.82) is 0 Å². The molecule has 0 spiro atoms. The second-order valence-electron chi connectivity index (χ2n) is 11.1. The van der Waals surface area contributed by atoms with Crippen LogP contribution in [0.25, 0.3) is 0 Å². The molecule has 242 valence electrons. The van der Waals surface area contributed by atoms with Crippen LogP contribution in [0.15, 0.2) is 0 Å².